The van der Waals surface area contributed by atoms with E-state index in [4.69, 9.17) is 4.74 Å². The lowest BCUT2D eigenvalue weighted by atomic mass is 9.92. The maximum Gasteiger partial charge on any atom is 0.310 e. The zero-order valence-electron chi connectivity index (χ0n) is 10.8. The highest BCUT2D eigenvalue weighted by Crippen LogP contribution is 2.28. The van der Waals surface area contributed by atoms with Crippen molar-refractivity contribution in [1.82, 2.24) is 10.3 Å². The molecule has 0 aliphatic carbocycles. The molecule has 1 N–H and O–H groups in total. The van der Waals surface area contributed by atoms with Gasteiger partial charge in [-0.15, -0.1) is 0 Å². The molecule has 0 amide bonds. The van der Waals surface area contributed by atoms with Crippen LogP contribution >= 0.6 is 0 Å². The van der Waals surface area contributed by atoms with Gasteiger partial charge >= 0.3 is 5.97 Å². The topological polar surface area (TPSA) is 51.2 Å². The van der Waals surface area contributed by atoms with Crippen molar-refractivity contribution < 1.29 is 9.53 Å². The van der Waals surface area contributed by atoms with Crippen LogP contribution in [0.25, 0.3) is 10.9 Å². The number of aromatic nitrogens is 1. The summed E-state index contributed by atoms with van der Waals surface area (Å²) in [5, 5.41) is 4.36. The molecule has 0 bridgehead atoms. The molecule has 1 aromatic heterocycles. The Bertz CT molecular complexity index is 612. The Morgan fingerprint density at radius 2 is 2.11 bits per heavy atom. The van der Waals surface area contributed by atoms with E-state index in [-0.39, 0.29) is 17.8 Å². The third kappa shape index (κ3) is 2.19. The quantitative estimate of drug-likeness (QED) is 0.831. The maximum atomic E-state index is 11.8. The first kappa shape index (κ1) is 12.1. The van der Waals surface area contributed by atoms with Crippen LogP contribution in [-0.4, -0.2) is 31.2 Å². The lowest BCUT2D eigenvalue weighted by Gasteiger charge is -2.16. The molecule has 4 heteroatoms. The SMILES string of the molecule is COC(=O)C1CNCC1c1ccc2ccccc2n1. The zero-order chi connectivity index (χ0) is 13.2. The Hall–Kier alpha value is -1.94. The number of benzene rings is 1. The van der Waals surface area contributed by atoms with E-state index in [0.29, 0.717) is 6.54 Å². The molecule has 2 unspecified atom stereocenters. The molecule has 1 saturated heterocycles. The van der Waals surface area contributed by atoms with Crippen LogP contribution in [0.15, 0.2) is 36.4 Å². The molecule has 1 aliphatic heterocycles. The summed E-state index contributed by atoms with van der Waals surface area (Å²) in [5.41, 5.74) is 1.93. The van der Waals surface area contributed by atoms with Crippen LogP contribution in [0.1, 0.15) is 11.6 Å². The molecule has 0 spiro atoms. The molecule has 0 saturated carbocycles. The van der Waals surface area contributed by atoms with Gasteiger partial charge < -0.3 is 10.1 Å². The van der Waals surface area contributed by atoms with E-state index in [1.54, 1.807) is 0 Å². The minimum atomic E-state index is -0.162. The first-order valence-electron chi connectivity index (χ1n) is 6.44. The number of methoxy groups -OCH3 is 1. The number of ether oxygens (including phenoxy) is 1. The van der Waals surface area contributed by atoms with Gasteiger partial charge in [-0.1, -0.05) is 24.3 Å². The molecule has 1 aliphatic rings. The molecule has 19 heavy (non-hydrogen) atoms. The Kier molecular flexibility index (Phi) is 3.17. The first-order chi connectivity index (χ1) is 9.29. The van der Waals surface area contributed by atoms with Gasteiger partial charge in [-0.2, -0.15) is 0 Å². The van der Waals surface area contributed by atoms with Gasteiger partial charge in [-0.3, -0.25) is 9.78 Å². The molecule has 4 nitrogen and oxygen atoms in total. The number of nitrogens with zero attached hydrogens (tertiary/aromatic N) is 1. The highest BCUT2D eigenvalue weighted by atomic mass is 16.5. The van der Waals surface area contributed by atoms with E-state index >= 15 is 0 Å². The van der Waals surface area contributed by atoms with E-state index in [2.05, 4.69) is 16.4 Å². The molecule has 2 heterocycles. The summed E-state index contributed by atoms with van der Waals surface area (Å²) in [6.07, 6.45) is 0. The van der Waals surface area contributed by atoms with Crippen molar-refractivity contribution in [2.24, 2.45) is 5.92 Å². The molecule has 0 radical (unpaired) electrons. The number of fused-ring (bicyclic) bond motifs is 1. The Morgan fingerprint density at radius 1 is 1.26 bits per heavy atom. The molecule has 1 aromatic carbocycles. The van der Waals surface area contributed by atoms with Crippen LogP contribution in [0.3, 0.4) is 0 Å². The number of esters is 1. The minimum Gasteiger partial charge on any atom is -0.469 e. The van der Waals surface area contributed by atoms with Gasteiger partial charge in [0.2, 0.25) is 0 Å². The third-order valence-electron chi connectivity index (χ3n) is 3.72. The van der Waals surface area contributed by atoms with Gasteiger partial charge in [-0.25, -0.2) is 0 Å². The fourth-order valence-corrected chi connectivity index (χ4v) is 2.68. The van der Waals surface area contributed by atoms with Gasteiger partial charge in [0, 0.05) is 30.1 Å². The average Bonchev–Trinajstić information content (AvgIpc) is 2.95. The lowest BCUT2D eigenvalue weighted by molar-refractivity contribution is -0.145. The second kappa shape index (κ2) is 4.97. The summed E-state index contributed by atoms with van der Waals surface area (Å²) < 4.78 is 4.87. The number of pyridine rings is 1. The number of rotatable bonds is 2. The number of carbonyl (C=O) groups excluding carboxylic acids is 1. The Labute approximate surface area is 111 Å². The fraction of sp³-hybridized carbons (Fsp3) is 0.333. The van der Waals surface area contributed by atoms with Gasteiger partial charge in [0.25, 0.3) is 0 Å². The molecule has 2 atom stereocenters. The van der Waals surface area contributed by atoms with Gasteiger partial charge in [0.1, 0.15) is 0 Å². The summed E-state index contributed by atoms with van der Waals surface area (Å²) in [6, 6.07) is 12.1. The smallest absolute Gasteiger partial charge is 0.310 e. The second-order valence-corrected chi connectivity index (χ2v) is 4.82. The lowest BCUT2D eigenvalue weighted by Crippen LogP contribution is -2.23. The Balaban J connectivity index is 1.96. The molecule has 2 aromatic rings. The van der Waals surface area contributed by atoms with Crippen molar-refractivity contribution in [2.45, 2.75) is 5.92 Å². The predicted octanol–water partition coefficient (Wildman–Crippen LogP) is 1.71. The van der Waals surface area contributed by atoms with Gasteiger partial charge in [0.15, 0.2) is 0 Å². The average molecular weight is 256 g/mol. The summed E-state index contributed by atoms with van der Waals surface area (Å²) in [4.78, 5) is 16.4. The third-order valence-corrected chi connectivity index (χ3v) is 3.72. The van der Waals surface area contributed by atoms with Crippen molar-refractivity contribution in [1.29, 1.82) is 0 Å². The van der Waals surface area contributed by atoms with E-state index in [9.17, 15) is 4.79 Å². The number of hydrogen-bond donors (Lipinski definition) is 1. The van der Waals surface area contributed by atoms with E-state index in [1.165, 1.54) is 7.11 Å². The van der Waals surface area contributed by atoms with Crippen LogP contribution in [0.2, 0.25) is 0 Å². The van der Waals surface area contributed by atoms with E-state index in [1.807, 2.05) is 30.3 Å². The van der Waals surface area contributed by atoms with Crippen LogP contribution in [0, 0.1) is 5.92 Å². The summed E-state index contributed by atoms with van der Waals surface area (Å²) in [5.74, 6) is -0.208. The van der Waals surface area contributed by atoms with Crippen LogP contribution in [-0.2, 0) is 9.53 Å². The number of carbonyl (C=O) groups is 1. The number of para-hydroxylation sites is 1. The molecule has 98 valence electrons. The molecule has 3 rings (SSSR count). The highest BCUT2D eigenvalue weighted by molar-refractivity contribution is 5.79. The van der Waals surface area contributed by atoms with Crippen molar-refractivity contribution in [2.75, 3.05) is 20.2 Å². The monoisotopic (exact) mass is 256 g/mol. The summed E-state index contributed by atoms with van der Waals surface area (Å²) >= 11 is 0. The van der Waals surface area contributed by atoms with E-state index < -0.39 is 0 Å². The normalized spacial score (nSPS) is 22.6. The van der Waals surface area contributed by atoms with Gasteiger partial charge in [-0.05, 0) is 12.1 Å². The first-order valence-corrected chi connectivity index (χ1v) is 6.44. The molecule has 1 fully saturated rings. The zero-order valence-corrected chi connectivity index (χ0v) is 10.8. The fourth-order valence-electron chi connectivity index (χ4n) is 2.68. The Morgan fingerprint density at radius 3 is 2.95 bits per heavy atom. The molecular weight excluding hydrogens is 240 g/mol. The van der Waals surface area contributed by atoms with Crippen LogP contribution in [0.5, 0.6) is 0 Å². The summed E-state index contributed by atoms with van der Waals surface area (Å²) in [6.45, 7) is 1.43. The van der Waals surface area contributed by atoms with Gasteiger partial charge in [0.05, 0.1) is 18.5 Å². The highest BCUT2D eigenvalue weighted by Gasteiger charge is 2.35. The number of nitrogens with one attached hydrogen (secondary N) is 1. The van der Waals surface area contributed by atoms with Crippen molar-refractivity contribution in [3.63, 3.8) is 0 Å². The van der Waals surface area contributed by atoms with Crippen LogP contribution in [0.4, 0.5) is 0 Å². The largest absolute Gasteiger partial charge is 0.469 e. The van der Waals surface area contributed by atoms with Crippen molar-refractivity contribution in [3.05, 3.63) is 42.1 Å². The minimum absolute atomic E-state index is 0.0945. The summed E-state index contributed by atoms with van der Waals surface area (Å²) in [7, 11) is 1.44. The molecular formula is C15H16N2O2. The standard InChI is InChI=1S/C15H16N2O2/c1-19-15(18)12-9-16-8-11(12)14-7-6-10-4-2-3-5-13(10)17-14/h2-7,11-12,16H,8-9H2,1H3. The van der Waals surface area contributed by atoms with Crippen molar-refractivity contribution in [3.8, 4) is 0 Å². The number of hydrogen-bond acceptors (Lipinski definition) is 4. The van der Waals surface area contributed by atoms with Crippen LogP contribution < -0.4 is 5.32 Å². The second-order valence-electron chi connectivity index (χ2n) is 4.82. The van der Waals surface area contributed by atoms with E-state index in [0.717, 1.165) is 23.1 Å². The maximum absolute atomic E-state index is 11.8. The van der Waals surface area contributed by atoms with Crippen molar-refractivity contribution >= 4 is 16.9 Å². The predicted molar refractivity (Wildman–Crippen MR) is 72.9 cm³/mol.